The SMILES string of the molecule is CCCCCCCCCCOc1ccc(C(=O)Oc2ccc(C3CCC(OC(=O)[C@@H](F)CCCC)CC3)cc2)cc1. The number of halogens is 1. The first kappa shape index (κ1) is 32.6. The van der Waals surface area contributed by atoms with Crippen molar-refractivity contribution in [3.05, 3.63) is 59.7 Å². The van der Waals surface area contributed by atoms with E-state index in [1.807, 2.05) is 43.3 Å². The first-order valence-corrected chi connectivity index (χ1v) is 15.9. The third-order valence-electron chi connectivity index (χ3n) is 7.94. The molecule has 6 heteroatoms. The van der Waals surface area contributed by atoms with Gasteiger partial charge in [0.15, 0.2) is 6.17 Å². The summed E-state index contributed by atoms with van der Waals surface area (Å²) in [6.07, 6.45) is 13.4. The van der Waals surface area contributed by atoms with Crippen molar-refractivity contribution in [1.82, 2.24) is 0 Å². The fourth-order valence-corrected chi connectivity index (χ4v) is 5.34. The molecule has 0 aliphatic heterocycles. The molecule has 0 radical (unpaired) electrons. The van der Waals surface area contributed by atoms with Crippen LogP contribution >= 0.6 is 0 Å². The Kier molecular flexibility index (Phi) is 14.7. The molecule has 41 heavy (non-hydrogen) atoms. The van der Waals surface area contributed by atoms with E-state index >= 15 is 0 Å². The minimum atomic E-state index is -1.52. The zero-order valence-corrected chi connectivity index (χ0v) is 25.1. The first-order valence-electron chi connectivity index (χ1n) is 15.9. The third kappa shape index (κ3) is 11.9. The molecule has 0 unspecified atom stereocenters. The second kappa shape index (κ2) is 18.5. The van der Waals surface area contributed by atoms with Crippen LogP contribution in [0.15, 0.2) is 48.5 Å². The van der Waals surface area contributed by atoms with E-state index in [2.05, 4.69) is 6.92 Å². The van der Waals surface area contributed by atoms with E-state index < -0.39 is 18.1 Å². The van der Waals surface area contributed by atoms with Crippen molar-refractivity contribution in [2.75, 3.05) is 6.61 Å². The molecule has 1 fully saturated rings. The van der Waals surface area contributed by atoms with Crippen molar-refractivity contribution in [3.63, 3.8) is 0 Å². The molecule has 1 saturated carbocycles. The lowest BCUT2D eigenvalue weighted by Crippen LogP contribution is -2.28. The van der Waals surface area contributed by atoms with Crippen molar-refractivity contribution in [3.8, 4) is 11.5 Å². The van der Waals surface area contributed by atoms with Crippen molar-refractivity contribution < 1.29 is 28.2 Å². The number of esters is 2. The van der Waals surface area contributed by atoms with Crippen molar-refractivity contribution >= 4 is 11.9 Å². The molecular weight excluding hydrogens is 519 g/mol. The van der Waals surface area contributed by atoms with Gasteiger partial charge in [-0.2, -0.15) is 0 Å². The molecule has 0 aromatic heterocycles. The van der Waals surface area contributed by atoms with Gasteiger partial charge < -0.3 is 14.2 Å². The Morgan fingerprint density at radius 3 is 1.98 bits per heavy atom. The number of carbonyl (C=O) groups is 2. The number of hydrogen-bond donors (Lipinski definition) is 0. The average molecular weight is 569 g/mol. The summed E-state index contributed by atoms with van der Waals surface area (Å²) < 4.78 is 30.8. The molecule has 0 spiro atoms. The first-order chi connectivity index (χ1) is 20.0. The molecule has 1 aliphatic carbocycles. The summed E-state index contributed by atoms with van der Waals surface area (Å²) in [5.41, 5.74) is 1.64. The van der Waals surface area contributed by atoms with Gasteiger partial charge in [0.25, 0.3) is 0 Å². The highest BCUT2D eigenvalue weighted by molar-refractivity contribution is 5.91. The lowest BCUT2D eigenvalue weighted by atomic mass is 9.83. The average Bonchev–Trinajstić information content (AvgIpc) is 3.00. The highest BCUT2D eigenvalue weighted by atomic mass is 19.1. The van der Waals surface area contributed by atoms with Gasteiger partial charge in [-0.15, -0.1) is 0 Å². The number of ether oxygens (including phenoxy) is 3. The van der Waals surface area contributed by atoms with Gasteiger partial charge in [0, 0.05) is 0 Å². The highest BCUT2D eigenvalue weighted by Gasteiger charge is 2.27. The number of carbonyl (C=O) groups excluding carboxylic acids is 2. The predicted octanol–water partition coefficient (Wildman–Crippen LogP) is 9.52. The van der Waals surface area contributed by atoms with Crippen LogP contribution in [0.1, 0.15) is 132 Å². The van der Waals surface area contributed by atoms with Crippen LogP contribution in [0.3, 0.4) is 0 Å². The Bertz CT molecular complexity index is 1010. The lowest BCUT2D eigenvalue weighted by molar-refractivity contribution is -0.157. The van der Waals surface area contributed by atoms with Crippen molar-refractivity contribution in [2.45, 2.75) is 128 Å². The van der Waals surface area contributed by atoms with E-state index in [4.69, 9.17) is 14.2 Å². The number of benzene rings is 2. The number of alkyl halides is 1. The maximum atomic E-state index is 13.9. The second-order valence-electron chi connectivity index (χ2n) is 11.3. The van der Waals surface area contributed by atoms with E-state index in [1.165, 1.54) is 50.5 Å². The van der Waals surface area contributed by atoms with Gasteiger partial charge in [-0.1, -0.05) is 83.8 Å². The van der Waals surface area contributed by atoms with Crippen molar-refractivity contribution in [2.24, 2.45) is 0 Å². The topological polar surface area (TPSA) is 61.8 Å². The molecule has 0 heterocycles. The third-order valence-corrected chi connectivity index (χ3v) is 7.94. The maximum Gasteiger partial charge on any atom is 0.343 e. The fourth-order valence-electron chi connectivity index (χ4n) is 5.34. The molecule has 5 nitrogen and oxygen atoms in total. The molecule has 0 amide bonds. The molecule has 3 rings (SSSR count). The molecule has 226 valence electrons. The quantitative estimate of drug-likeness (QED) is 0.102. The summed E-state index contributed by atoms with van der Waals surface area (Å²) in [6, 6.07) is 14.7. The van der Waals surface area contributed by atoms with Crippen LogP contribution in [0, 0.1) is 0 Å². The zero-order valence-electron chi connectivity index (χ0n) is 25.1. The standard InChI is InChI=1S/C35H49FO5/c1-3-5-7-8-9-10-11-12-26-39-30-20-18-29(19-21-30)34(37)40-31-22-14-27(15-23-31)28-16-24-32(25-17-28)41-35(38)33(36)13-6-4-2/h14-15,18-23,28,32-33H,3-13,16-17,24-26H2,1-2H3/t28?,32?,33-/m0/s1. The Morgan fingerprint density at radius 2 is 1.34 bits per heavy atom. The fraction of sp³-hybridized carbons (Fsp3) is 0.600. The molecule has 2 aromatic rings. The molecule has 1 atom stereocenters. The van der Waals surface area contributed by atoms with Crippen LogP contribution < -0.4 is 9.47 Å². The molecule has 2 aromatic carbocycles. The van der Waals surface area contributed by atoms with E-state index in [0.717, 1.165) is 44.3 Å². The molecule has 1 aliphatic rings. The summed E-state index contributed by atoms with van der Waals surface area (Å²) in [6.45, 7) is 4.91. The minimum Gasteiger partial charge on any atom is -0.494 e. The van der Waals surface area contributed by atoms with E-state index in [0.29, 0.717) is 30.3 Å². The Morgan fingerprint density at radius 1 is 0.756 bits per heavy atom. The number of hydrogen-bond acceptors (Lipinski definition) is 5. The van der Waals surface area contributed by atoms with Gasteiger partial charge in [0.1, 0.15) is 17.6 Å². The predicted molar refractivity (Wildman–Crippen MR) is 161 cm³/mol. The zero-order chi connectivity index (χ0) is 29.3. The highest BCUT2D eigenvalue weighted by Crippen LogP contribution is 2.35. The van der Waals surface area contributed by atoms with Crippen LogP contribution in [0.5, 0.6) is 11.5 Å². The van der Waals surface area contributed by atoms with Crippen molar-refractivity contribution in [1.29, 1.82) is 0 Å². The Labute approximate surface area is 246 Å². The normalized spacial score (nSPS) is 17.5. The monoisotopic (exact) mass is 568 g/mol. The van der Waals surface area contributed by atoms with Gasteiger partial charge in [0.2, 0.25) is 0 Å². The van der Waals surface area contributed by atoms with Gasteiger partial charge in [-0.25, -0.2) is 14.0 Å². The van der Waals surface area contributed by atoms with Crippen LogP contribution in [-0.2, 0) is 9.53 Å². The molecular formula is C35H49FO5. The summed E-state index contributed by atoms with van der Waals surface area (Å²) in [7, 11) is 0. The van der Waals surface area contributed by atoms with Crippen LogP contribution in [0.2, 0.25) is 0 Å². The number of unbranched alkanes of at least 4 members (excludes halogenated alkanes) is 8. The lowest BCUT2D eigenvalue weighted by Gasteiger charge is -2.29. The van der Waals surface area contributed by atoms with Gasteiger partial charge in [-0.3, -0.25) is 0 Å². The summed E-state index contributed by atoms with van der Waals surface area (Å²) in [4.78, 5) is 24.6. The van der Waals surface area contributed by atoms with Crippen LogP contribution in [-0.4, -0.2) is 30.8 Å². The van der Waals surface area contributed by atoms with E-state index in [-0.39, 0.29) is 12.5 Å². The van der Waals surface area contributed by atoms with Gasteiger partial charge >= 0.3 is 11.9 Å². The summed E-state index contributed by atoms with van der Waals surface area (Å²) in [5, 5.41) is 0. The Hall–Kier alpha value is -2.89. The second-order valence-corrected chi connectivity index (χ2v) is 11.3. The minimum absolute atomic E-state index is 0.208. The van der Waals surface area contributed by atoms with E-state index in [1.54, 1.807) is 12.1 Å². The largest absolute Gasteiger partial charge is 0.494 e. The Balaban J connectivity index is 1.35. The molecule has 0 saturated heterocycles. The molecule has 0 bridgehead atoms. The molecule has 0 N–H and O–H groups in total. The van der Waals surface area contributed by atoms with Crippen LogP contribution in [0.4, 0.5) is 4.39 Å². The smallest absolute Gasteiger partial charge is 0.343 e. The maximum absolute atomic E-state index is 13.9. The summed E-state index contributed by atoms with van der Waals surface area (Å²) >= 11 is 0. The number of rotatable bonds is 18. The van der Waals surface area contributed by atoms with Gasteiger partial charge in [0.05, 0.1) is 12.2 Å². The van der Waals surface area contributed by atoms with E-state index in [9.17, 15) is 14.0 Å². The summed E-state index contributed by atoms with van der Waals surface area (Å²) in [5.74, 6) is 0.486. The van der Waals surface area contributed by atoms with Gasteiger partial charge in [-0.05, 0) is 86.4 Å². The van der Waals surface area contributed by atoms with Crippen LogP contribution in [0.25, 0.3) is 0 Å².